The van der Waals surface area contributed by atoms with E-state index in [1.807, 2.05) is 24.9 Å². The zero-order valence-corrected chi connectivity index (χ0v) is 17.5. The van der Waals surface area contributed by atoms with Crippen LogP contribution in [0.1, 0.15) is 43.9 Å². The summed E-state index contributed by atoms with van der Waals surface area (Å²) in [7, 11) is 3.53. The summed E-state index contributed by atoms with van der Waals surface area (Å²) in [5, 5.41) is 7.04. The predicted octanol–water partition coefficient (Wildman–Crippen LogP) is 3.53. The van der Waals surface area contributed by atoms with Gasteiger partial charge in [0.15, 0.2) is 5.96 Å². The number of hydrogen-bond acceptors (Lipinski definition) is 4. The summed E-state index contributed by atoms with van der Waals surface area (Å²) in [4.78, 5) is 4.42. The number of aliphatic imine (C=N–C) groups is 1. The van der Waals surface area contributed by atoms with Crippen molar-refractivity contribution in [1.82, 2.24) is 10.6 Å². The van der Waals surface area contributed by atoms with Gasteiger partial charge in [0, 0.05) is 37.1 Å². The van der Waals surface area contributed by atoms with Gasteiger partial charge in [-0.1, -0.05) is 24.6 Å². The molecule has 0 aromatic heterocycles. The summed E-state index contributed by atoms with van der Waals surface area (Å²) in [6.07, 6.45) is 2.16. The Bertz CT molecular complexity index is 595. The van der Waals surface area contributed by atoms with E-state index >= 15 is 0 Å². The highest BCUT2D eigenvalue weighted by atomic mass is 32.2. The van der Waals surface area contributed by atoms with Gasteiger partial charge in [-0.15, -0.1) is 0 Å². The van der Waals surface area contributed by atoms with Crippen LogP contribution in [0.5, 0.6) is 5.75 Å². The lowest BCUT2D eigenvalue weighted by Crippen LogP contribution is -2.48. The molecular weight excluding hydrogens is 346 g/mol. The molecule has 1 aliphatic rings. The van der Waals surface area contributed by atoms with Gasteiger partial charge in [-0.05, 0) is 38.5 Å². The highest BCUT2D eigenvalue weighted by Gasteiger charge is 2.32. The lowest BCUT2D eigenvalue weighted by molar-refractivity contribution is 0.0782. The fourth-order valence-corrected chi connectivity index (χ4v) is 4.58. The quantitative estimate of drug-likeness (QED) is 0.561. The van der Waals surface area contributed by atoms with Crippen molar-refractivity contribution in [2.75, 3.05) is 39.7 Å². The minimum Gasteiger partial charge on any atom is -0.496 e. The second-order valence-corrected chi connectivity index (χ2v) is 8.50. The van der Waals surface area contributed by atoms with Crippen LogP contribution < -0.4 is 15.4 Å². The van der Waals surface area contributed by atoms with Crippen LogP contribution in [0.25, 0.3) is 0 Å². The molecule has 5 nitrogen and oxygen atoms in total. The van der Waals surface area contributed by atoms with Gasteiger partial charge in [0.2, 0.25) is 0 Å². The van der Waals surface area contributed by atoms with Gasteiger partial charge in [0.05, 0.1) is 13.2 Å². The van der Waals surface area contributed by atoms with E-state index in [4.69, 9.17) is 9.47 Å². The normalized spacial score (nSPS) is 18.3. The van der Waals surface area contributed by atoms with Crippen molar-refractivity contribution in [1.29, 1.82) is 0 Å². The number of guanidine groups is 1. The third kappa shape index (κ3) is 5.55. The summed E-state index contributed by atoms with van der Waals surface area (Å²) < 4.78 is 11.3. The molecule has 0 spiro atoms. The SMILES string of the molecule is CCSC1(CNC(=NC)NC(C)c2cc(C)ccc2OC)CCOCC1. The molecule has 1 saturated heterocycles. The maximum Gasteiger partial charge on any atom is 0.191 e. The summed E-state index contributed by atoms with van der Waals surface area (Å²) in [6.45, 7) is 9.04. The number of nitrogens with one attached hydrogen (secondary N) is 2. The largest absolute Gasteiger partial charge is 0.496 e. The third-order valence-corrected chi connectivity index (χ3v) is 6.31. The molecule has 1 aromatic carbocycles. The van der Waals surface area contributed by atoms with Crippen molar-refractivity contribution in [3.05, 3.63) is 29.3 Å². The lowest BCUT2D eigenvalue weighted by atomic mass is 9.99. The van der Waals surface area contributed by atoms with E-state index in [0.29, 0.717) is 0 Å². The molecule has 1 aliphatic heterocycles. The Balaban J connectivity index is 2.01. The molecule has 146 valence electrons. The van der Waals surface area contributed by atoms with Crippen molar-refractivity contribution in [2.24, 2.45) is 4.99 Å². The number of hydrogen-bond donors (Lipinski definition) is 2. The van der Waals surface area contributed by atoms with Gasteiger partial charge in [-0.25, -0.2) is 0 Å². The van der Waals surface area contributed by atoms with Crippen molar-refractivity contribution < 1.29 is 9.47 Å². The van der Waals surface area contributed by atoms with E-state index < -0.39 is 0 Å². The first-order valence-electron chi connectivity index (χ1n) is 9.37. The smallest absolute Gasteiger partial charge is 0.191 e. The van der Waals surface area contributed by atoms with E-state index in [9.17, 15) is 0 Å². The van der Waals surface area contributed by atoms with Gasteiger partial charge >= 0.3 is 0 Å². The minimum absolute atomic E-state index is 0.0977. The highest BCUT2D eigenvalue weighted by molar-refractivity contribution is 8.00. The summed E-state index contributed by atoms with van der Waals surface area (Å²) >= 11 is 2.03. The second kappa shape index (κ2) is 10.1. The maximum absolute atomic E-state index is 5.56. The van der Waals surface area contributed by atoms with Gasteiger partial charge in [-0.3, -0.25) is 4.99 Å². The molecule has 1 fully saturated rings. The van der Waals surface area contributed by atoms with Crippen LogP contribution in [0.4, 0.5) is 0 Å². The zero-order chi connectivity index (χ0) is 19.0. The molecule has 0 aliphatic carbocycles. The fourth-order valence-electron chi connectivity index (χ4n) is 3.34. The number of thioether (sulfide) groups is 1. The molecule has 0 bridgehead atoms. The Morgan fingerprint density at radius 2 is 2.12 bits per heavy atom. The Morgan fingerprint density at radius 3 is 2.73 bits per heavy atom. The van der Waals surface area contributed by atoms with Crippen LogP contribution in [0, 0.1) is 6.92 Å². The van der Waals surface area contributed by atoms with Gasteiger partial charge in [0.1, 0.15) is 5.75 Å². The van der Waals surface area contributed by atoms with E-state index in [1.54, 1.807) is 7.11 Å². The van der Waals surface area contributed by atoms with E-state index in [0.717, 1.165) is 55.6 Å². The van der Waals surface area contributed by atoms with Crippen LogP contribution in [0.15, 0.2) is 23.2 Å². The second-order valence-electron chi connectivity index (χ2n) is 6.77. The first-order valence-corrected chi connectivity index (χ1v) is 10.4. The lowest BCUT2D eigenvalue weighted by Gasteiger charge is -2.37. The molecule has 2 rings (SSSR count). The molecule has 0 saturated carbocycles. The molecule has 0 amide bonds. The molecular formula is C20H33N3O2S. The van der Waals surface area contributed by atoms with Crippen molar-refractivity contribution in [3.8, 4) is 5.75 Å². The third-order valence-electron chi connectivity index (χ3n) is 4.86. The average Bonchev–Trinajstić information content (AvgIpc) is 2.66. The van der Waals surface area contributed by atoms with E-state index in [1.165, 1.54) is 5.56 Å². The topological polar surface area (TPSA) is 54.9 Å². The highest BCUT2D eigenvalue weighted by Crippen LogP contribution is 2.34. The van der Waals surface area contributed by atoms with Crippen LogP contribution in [0.2, 0.25) is 0 Å². The Kier molecular flexibility index (Phi) is 8.10. The van der Waals surface area contributed by atoms with Crippen molar-refractivity contribution in [3.63, 3.8) is 0 Å². The molecule has 26 heavy (non-hydrogen) atoms. The standard InChI is InChI=1S/C20H33N3O2S/c1-6-26-20(9-11-25-12-10-20)14-22-19(21-4)23-16(3)17-13-15(2)7-8-18(17)24-5/h7-8,13,16H,6,9-12,14H2,1-5H3,(H2,21,22,23). The summed E-state index contributed by atoms with van der Waals surface area (Å²) in [6, 6.07) is 6.35. The number of methoxy groups -OCH3 is 1. The minimum atomic E-state index is 0.0977. The first kappa shape index (κ1) is 20.9. The molecule has 1 aromatic rings. The Morgan fingerprint density at radius 1 is 1.38 bits per heavy atom. The number of rotatable bonds is 7. The maximum atomic E-state index is 5.56. The summed E-state index contributed by atoms with van der Waals surface area (Å²) in [5.74, 6) is 2.84. The number of aryl methyl sites for hydroxylation is 1. The number of ether oxygens (including phenoxy) is 2. The zero-order valence-electron chi connectivity index (χ0n) is 16.7. The monoisotopic (exact) mass is 379 g/mol. The Labute approximate surface area is 162 Å². The predicted molar refractivity (Wildman–Crippen MR) is 112 cm³/mol. The van der Waals surface area contributed by atoms with Crippen molar-refractivity contribution >= 4 is 17.7 Å². The average molecular weight is 380 g/mol. The molecule has 6 heteroatoms. The van der Waals surface area contributed by atoms with E-state index in [-0.39, 0.29) is 10.8 Å². The molecule has 1 atom stereocenters. The van der Waals surface area contributed by atoms with Crippen molar-refractivity contribution in [2.45, 2.75) is 44.4 Å². The van der Waals surface area contributed by atoms with Crippen LogP contribution in [-0.2, 0) is 4.74 Å². The number of nitrogens with zero attached hydrogens (tertiary/aromatic N) is 1. The fraction of sp³-hybridized carbons (Fsp3) is 0.650. The van der Waals surface area contributed by atoms with Gasteiger partial charge < -0.3 is 20.1 Å². The molecule has 1 unspecified atom stereocenters. The van der Waals surface area contributed by atoms with Crippen LogP contribution >= 0.6 is 11.8 Å². The van der Waals surface area contributed by atoms with Crippen LogP contribution in [0.3, 0.4) is 0 Å². The van der Waals surface area contributed by atoms with Gasteiger partial charge in [0.25, 0.3) is 0 Å². The molecule has 1 heterocycles. The molecule has 2 N–H and O–H groups in total. The number of benzene rings is 1. The van der Waals surface area contributed by atoms with Gasteiger partial charge in [-0.2, -0.15) is 11.8 Å². The molecule has 0 radical (unpaired) electrons. The van der Waals surface area contributed by atoms with E-state index in [2.05, 4.69) is 48.5 Å². The first-order chi connectivity index (χ1) is 12.5. The van der Waals surface area contributed by atoms with Crippen LogP contribution in [-0.4, -0.2) is 50.4 Å². The summed E-state index contributed by atoms with van der Waals surface area (Å²) in [5.41, 5.74) is 2.36. The Hall–Kier alpha value is -1.40.